The molecule has 172 valence electrons. The van der Waals surface area contributed by atoms with Crippen molar-refractivity contribution in [3.8, 4) is 12.1 Å². The van der Waals surface area contributed by atoms with Crippen LogP contribution in [0.3, 0.4) is 0 Å². The number of aliphatic hydroxyl groups is 1. The first-order chi connectivity index (χ1) is 15.8. The van der Waals surface area contributed by atoms with Gasteiger partial charge in [-0.05, 0) is 111 Å². The maximum Gasteiger partial charge on any atom is 0.119 e. The zero-order valence-electron chi connectivity index (χ0n) is 20.3. The minimum atomic E-state index is -0.323. The van der Waals surface area contributed by atoms with Crippen molar-refractivity contribution in [1.82, 2.24) is 0 Å². The number of carbonyl (C=O) groups excluding carboxylic acids is 1. The number of nitriles is 2. The number of fused-ring (bicyclic) bond motifs is 2. The molecule has 0 radical (unpaired) electrons. The number of hydrogen-bond donors (Lipinski definition) is 1. The standard InChI is InChI=1S/C15H17NO.C14H17NO/c1-11-7-13-9-15(10-16,5-3-4-6-17)14(13)8-12(11)2;1-10-6-12-8-14(9-15,4-3-5-16)13(12)7-11(10)2/h6-8H,3-5,9H2,1-2H3;6-7,16H,3-5,8H2,1-2H3. The topological polar surface area (TPSA) is 84.9 Å². The Morgan fingerprint density at radius 1 is 0.818 bits per heavy atom. The molecule has 4 heteroatoms. The molecule has 2 aliphatic carbocycles. The van der Waals surface area contributed by atoms with Crippen LogP contribution in [0.4, 0.5) is 0 Å². The second kappa shape index (κ2) is 9.90. The lowest BCUT2D eigenvalue weighted by atomic mass is 9.62. The van der Waals surface area contributed by atoms with Crippen molar-refractivity contribution >= 4 is 6.29 Å². The van der Waals surface area contributed by atoms with Crippen molar-refractivity contribution in [2.45, 2.75) is 83.5 Å². The summed E-state index contributed by atoms with van der Waals surface area (Å²) in [7, 11) is 0. The molecule has 2 aromatic rings. The van der Waals surface area contributed by atoms with Gasteiger partial charge in [-0.3, -0.25) is 0 Å². The minimum Gasteiger partial charge on any atom is -0.396 e. The van der Waals surface area contributed by atoms with Crippen LogP contribution in [-0.2, 0) is 28.5 Å². The molecule has 0 fully saturated rings. The van der Waals surface area contributed by atoms with Crippen molar-refractivity contribution in [3.05, 3.63) is 68.8 Å². The van der Waals surface area contributed by atoms with E-state index in [0.717, 1.165) is 38.4 Å². The van der Waals surface area contributed by atoms with Crippen molar-refractivity contribution in [2.24, 2.45) is 0 Å². The number of aryl methyl sites for hydroxylation is 4. The predicted octanol–water partition coefficient (Wildman–Crippen LogP) is 5.38. The average molecular weight is 443 g/mol. The van der Waals surface area contributed by atoms with Crippen LogP contribution in [0.25, 0.3) is 0 Å². The van der Waals surface area contributed by atoms with Gasteiger partial charge in [0.25, 0.3) is 0 Å². The first kappa shape index (κ1) is 24.7. The van der Waals surface area contributed by atoms with E-state index < -0.39 is 0 Å². The fourth-order valence-electron chi connectivity index (χ4n) is 5.19. The number of aliphatic hydroxyl groups excluding tert-OH is 1. The van der Waals surface area contributed by atoms with E-state index in [0.29, 0.717) is 12.8 Å². The predicted molar refractivity (Wildman–Crippen MR) is 130 cm³/mol. The van der Waals surface area contributed by atoms with Gasteiger partial charge in [0.2, 0.25) is 0 Å². The summed E-state index contributed by atoms with van der Waals surface area (Å²) in [6, 6.07) is 13.6. The fraction of sp³-hybridized carbons (Fsp3) is 0.483. The smallest absolute Gasteiger partial charge is 0.119 e. The van der Waals surface area contributed by atoms with Gasteiger partial charge in [-0.25, -0.2) is 0 Å². The Hall–Kier alpha value is -2.95. The van der Waals surface area contributed by atoms with Crippen LogP contribution in [-0.4, -0.2) is 18.0 Å². The Bertz CT molecular complexity index is 1140. The summed E-state index contributed by atoms with van der Waals surface area (Å²) in [5, 5.41) is 27.6. The SMILES string of the molecule is Cc1cc2c(cc1C)C(C#N)(CCCC=O)C2.Cc1cc2c(cc1C)C(C#N)(CCCO)C2. The third kappa shape index (κ3) is 4.59. The Morgan fingerprint density at radius 2 is 1.24 bits per heavy atom. The van der Waals surface area contributed by atoms with E-state index in [4.69, 9.17) is 5.11 Å². The van der Waals surface area contributed by atoms with Crippen LogP contribution in [0.15, 0.2) is 24.3 Å². The molecule has 2 atom stereocenters. The molecule has 0 aliphatic heterocycles. The zero-order chi connectivity index (χ0) is 24.2. The van der Waals surface area contributed by atoms with Gasteiger partial charge in [0.05, 0.1) is 23.0 Å². The van der Waals surface area contributed by atoms with E-state index in [-0.39, 0.29) is 17.4 Å². The van der Waals surface area contributed by atoms with E-state index in [9.17, 15) is 15.3 Å². The van der Waals surface area contributed by atoms with E-state index in [1.165, 1.54) is 44.5 Å². The van der Waals surface area contributed by atoms with Crippen LogP contribution in [0, 0.1) is 50.4 Å². The molecular weight excluding hydrogens is 408 g/mol. The molecule has 0 saturated heterocycles. The first-order valence-electron chi connectivity index (χ1n) is 11.8. The Morgan fingerprint density at radius 3 is 1.64 bits per heavy atom. The number of hydrogen-bond acceptors (Lipinski definition) is 4. The fourth-order valence-corrected chi connectivity index (χ4v) is 5.19. The van der Waals surface area contributed by atoms with Crippen LogP contribution < -0.4 is 0 Å². The van der Waals surface area contributed by atoms with Crippen molar-refractivity contribution in [1.29, 1.82) is 10.5 Å². The van der Waals surface area contributed by atoms with Crippen LogP contribution in [0.5, 0.6) is 0 Å². The molecule has 2 aliphatic rings. The first-order valence-corrected chi connectivity index (χ1v) is 11.8. The minimum absolute atomic E-state index is 0.170. The van der Waals surface area contributed by atoms with Crippen molar-refractivity contribution < 1.29 is 9.90 Å². The number of rotatable bonds is 7. The average Bonchev–Trinajstić information content (AvgIpc) is 2.79. The monoisotopic (exact) mass is 442 g/mol. The second-order valence-corrected chi connectivity index (χ2v) is 9.81. The molecule has 1 N–H and O–H groups in total. The van der Waals surface area contributed by atoms with Gasteiger partial charge in [-0.2, -0.15) is 10.5 Å². The van der Waals surface area contributed by atoms with E-state index in [1.807, 2.05) is 0 Å². The molecule has 4 nitrogen and oxygen atoms in total. The zero-order valence-corrected chi connectivity index (χ0v) is 20.3. The number of benzene rings is 2. The maximum absolute atomic E-state index is 10.3. The van der Waals surface area contributed by atoms with Gasteiger partial charge in [-0.1, -0.05) is 24.3 Å². The van der Waals surface area contributed by atoms with E-state index in [2.05, 4.69) is 64.1 Å². The van der Waals surface area contributed by atoms with E-state index in [1.54, 1.807) is 0 Å². The summed E-state index contributed by atoms with van der Waals surface area (Å²) in [5.41, 5.74) is 9.44. The summed E-state index contributed by atoms with van der Waals surface area (Å²) >= 11 is 0. The lowest BCUT2D eigenvalue weighted by Crippen LogP contribution is -2.38. The van der Waals surface area contributed by atoms with Crippen molar-refractivity contribution in [2.75, 3.05) is 6.61 Å². The molecular formula is C29H34N2O2. The molecule has 0 heterocycles. The molecule has 0 aromatic heterocycles. The third-order valence-corrected chi connectivity index (χ3v) is 7.57. The van der Waals surface area contributed by atoms with Crippen molar-refractivity contribution in [3.63, 3.8) is 0 Å². The molecule has 0 saturated carbocycles. The Kier molecular flexibility index (Phi) is 7.41. The number of nitrogens with zero attached hydrogens (tertiary/aromatic N) is 2. The van der Waals surface area contributed by atoms with Gasteiger partial charge >= 0.3 is 0 Å². The number of carbonyl (C=O) groups is 1. The lowest BCUT2D eigenvalue weighted by molar-refractivity contribution is -0.108. The van der Waals surface area contributed by atoms with E-state index >= 15 is 0 Å². The lowest BCUT2D eigenvalue weighted by Gasteiger charge is -2.39. The highest BCUT2D eigenvalue weighted by atomic mass is 16.2. The second-order valence-electron chi connectivity index (χ2n) is 9.81. The third-order valence-electron chi connectivity index (χ3n) is 7.57. The normalized spacial score (nSPS) is 21.7. The Balaban J connectivity index is 0.000000186. The molecule has 2 aromatic carbocycles. The summed E-state index contributed by atoms with van der Waals surface area (Å²) in [6.45, 7) is 8.55. The van der Waals surface area contributed by atoms with Crippen LogP contribution >= 0.6 is 0 Å². The number of unbranched alkanes of at least 4 members (excludes halogenated alkanes) is 1. The highest BCUT2D eigenvalue weighted by Gasteiger charge is 2.43. The number of aldehydes is 1. The highest BCUT2D eigenvalue weighted by Crippen LogP contribution is 2.46. The maximum atomic E-state index is 10.3. The van der Waals surface area contributed by atoms with Gasteiger partial charge in [-0.15, -0.1) is 0 Å². The largest absolute Gasteiger partial charge is 0.396 e. The molecule has 0 spiro atoms. The van der Waals surface area contributed by atoms with Gasteiger partial charge in [0.15, 0.2) is 0 Å². The Labute approximate surface area is 197 Å². The van der Waals surface area contributed by atoms with Gasteiger partial charge < -0.3 is 9.90 Å². The molecule has 0 amide bonds. The highest BCUT2D eigenvalue weighted by molar-refractivity contribution is 5.55. The molecule has 33 heavy (non-hydrogen) atoms. The van der Waals surface area contributed by atoms with Gasteiger partial charge in [0, 0.05) is 13.0 Å². The molecule has 2 unspecified atom stereocenters. The van der Waals surface area contributed by atoms with Crippen LogP contribution in [0.1, 0.15) is 76.6 Å². The molecule has 0 bridgehead atoms. The summed E-state index contributed by atoms with van der Waals surface area (Å²) in [5.74, 6) is 0. The van der Waals surface area contributed by atoms with Gasteiger partial charge in [0.1, 0.15) is 6.29 Å². The quantitative estimate of drug-likeness (QED) is 0.461. The summed E-state index contributed by atoms with van der Waals surface area (Å²) in [6.07, 6.45) is 6.28. The van der Waals surface area contributed by atoms with Crippen LogP contribution in [0.2, 0.25) is 0 Å². The summed E-state index contributed by atoms with van der Waals surface area (Å²) < 4.78 is 0. The molecule has 4 rings (SSSR count). The summed E-state index contributed by atoms with van der Waals surface area (Å²) in [4.78, 5) is 10.3.